The third kappa shape index (κ3) is 8.62. The average molecular weight is 482 g/mol. The molecule has 5 nitrogen and oxygen atoms in total. The highest BCUT2D eigenvalue weighted by atomic mass is 127. The number of hydrogen-bond acceptors (Lipinski definition) is 3. The second-order valence-electron chi connectivity index (χ2n) is 6.13. The molecule has 6 heteroatoms. The SMILES string of the molecule is CCNC(=NCc1ccc(NCCOC)cc1)N(C)Cc1ccccc1.I. The highest BCUT2D eigenvalue weighted by Crippen LogP contribution is 2.10. The number of ether oxygens (including phenoxy) is 1. The van der Waals surface area contributed by atoms with Crippen molar-refractivity contribution in [3.63, 3.8) is 0 Å². The molecular formula is C21H31IN4O. The van der Waals surface area contributed by atoms with E-state index in [4.69, 9.17) is 9.73 Å². The van der Waals surface area contributed by atoms with Crippen LogP contribution in [0.4, 0.5) is 5.69 Å². The minimum Gasteiger partial charge on any atom is -0.383 e. The van der Waals surface area contributed by atoms with E-state index in [9.17, 15) is 0 Å². The highest BCUT2D eigenvalue weighted by Gasteiger charge is 2.06. The van der Waals surface area contributed by atoms with Gasteiger partial charge in [0.05, 0.1) is 13.2 Å². The molecule has 0 aromatic heterocycles. The molecule has 0 radical (unpaired) electrons. The van der Waals surface area contributed by atoms with Gasteiger partial charge in [0.1, 0.15) is 0 Å². The molecule has 27 heavy (non-hydrogen) atoms. The third-order valence-corrected chi connectivity index (χ3v) is 3.96. The summed E-state index contributed by atoms with van der Waals surface area (Å²) in [6.45, 7) is 5.93. The first-order valence-corrected chi connectivity index (χ1v) is 9.08. The monoisotopic (exact) mass is 482 g/mol. The van der Waals surface area contributed by atoms with Gasteiger partial charge in [0.15, 0.2) is 5.96 Å². The van der Waals surface area contributed by atoms with E-state index >= 15 is 0 Å². The van der Waals surface area contributed by atoms with Crippen molar-refractivity contribution in [2.75, 3.05) is 39.2 Å². The number of guanidine groups is 1. The fraction of sp³-hybridized carbons (Fsp3) is 0.381. The van der Waals surface area contributed by atoms with Gasteiger partial charge >= 0.3 is 0 Å². The Morgan fingerprint density at radius 3 is 2.37 bits per heavy atom. The minimum absolute atomic E-state index is 0. The lowest BCUT2D eigenvalue weighted by Gasteiger charge is -2.22. The number of benzene rings is 2. The average Bonchev–Trinajstić information content (AvgIpc) is 2.67. The van der Waals surface area contributed by atoms with Crippen LogP contribution < -0.4 is 10.6 Å². The zero-order valence-corrected chi connectivity index (χ0v) is 18.8. The zero-order chi connectivity index (χ0) is 18.6. The Hall–Kier alpha value is -1.80. The summed E-state index contributed by atoms with van der Waals surface area (Å²) in [5.41, 5.74) is 3.56. The molecule has 0 spiro atoms. The second kappa shape index (κ2) is 13.4. The summed E-state index contributed by atoms with van der Waals surface area (Å²) in [6.07, 6.45) is 0. The molecule has 0 amide bonds. The van der Waals surface area contributed by atoms with E-state index in [0.29, 0.717) is 13.2 Å². The van der Waals surface area contributed by atoms with E-state index in [2.05, 4.69) is 78.0 Å². The van der Waals surface area contributed by atoms with Crippen LogP contribution in [0.3, 0.4) is 0 Å². The lowest BCUT2D eigenvalue weighted by Crippen LogP contribution is -2.38. The maximum absolute atomic E-state index is 5.05. The number of rotatable bonds is 9. The Morgan fingerprint density at radius 1 is 1.04 bits per heavy atom. The van der Waals surface area contributed by atoms with Gasteiger partial charge in [-0.05, 0) is 30.2 Å². The van der Waals surface area contributed by atoms with Crippen LogP contribution in [-0.2, 0) is 17.8 Å². The molecule has 0 aliphatic carbocycles. The molecule has 0 saturated heterocycles. The van der Waals surface area contributed by atoms with Crippen molar-refractivity contribution in [1.29, 1.82) is 0 Å². The number of anilines is 1. The minimum atomic E-state index is 0. The van der Waals surface area contributed by atoms with Gasteiger partial charge in [0, 0.05) is 39.5 Å². The number of aliphatic imine (C=N–C) groups is 1. The maximum Gasteiger partial charge on any atom is 0.194 e. The maximum atomic E-state index is 5.05. The molecule has 2 rings (SSSR count). The number of halogens is 1. The van der Waals surface area contributed by atoms with E-state index in [0.717, 1.165) is 31.3 Å². The molecule has 2 N–H and O–H groups in total. The lowest BCUT2D eigenvalue weighted by atomic mass is 10.2. The Balaban J connectivity index is 0.00000364. The topological polar surface area (TPSA) is 48.9 Å². The number of nitrogens with zero attached hydrogens (tertiary/aromatic N) is 2. The Morgan fingerprint density at radius 2 is 1.74 bits per heavy atom. The van der Waals surface area contributed by atoms with Crippen LogP contribution >= 0.6 is 24.0 Å². The molecule has 0 unspecified atom stereocenters. The predicted octanol–water partition coefficient (Wildman–Crippen LogP) is 3.96. The van der Waals surface area contributed by atoms with E-state index < -0.39 is 0 Å². The van der Waals surface area contributed by atoms with Gasteiger partial charge in [-0.15, -0.1) is 24.0 Å². The standard InChI is InChI=1S/C21H30N4O.HI/c1-4-22-21(25(2)17-19-8-6-5-7-9-19)24-16-18-10-12-20(13-11-18)23-14-15-26-3;/h5-13,23H,4,14-17H2,1-3H3,(H,22,24);1H. The van der Waals surface area contributed by atoms with Crippen molar-refractivity contribution >= 4 is 35.6 Å². The summed E-state index contributed by atoms with van der Waals surface area (Å²) >= 11 is 0. The van der Waals surface area contributed by atoms with E-state index in [1.165, 1.54) is 11.1 Å². The van der Waals surface area contributed by atoms with Gasteiger partial charge in [-0.3, -0.25) is 0 Å². The van der Waals surface area contributed by atoms with Gasteiger partial charge < -0.3 is 20.3 Å². The first kappa shape index (κ1) is 23.2. The van der Waals surface area contributed by atoms with Crippen molar-refractivity contribution in [1.82, 2.24) is 10.2 Å². The largest absolute Gasteiger partial charge is 0.383 e. The summed E-state index contributed by atoms with van der Waals surface area (Å²) in [7, 11) is 3.77. The van der Waals surface area contributed by atoms with E-state index in [-0.39, 0.29) is 24.0 Å². The molecule has 0 saturated carbocycles. The van der Waals surface area contributed by atoms with Crippen molar-refractivity contribution in [2.45, 2.75) is 20.0 Å². The summed E-state index contributed by atoms with van der Waals surface area (Å²) < 4.78 is 5.05. The first-order valence-electron chi connectivity index (χ1n) is 9.08. The molecular weight excluding hydrogens is 451 g/mol. The second-order valence-corrected chi connectivity index (χ2v) is 6.13. The quantitative estimate of drug-likeness (QED) is 0.246. The van der Waals surface area contributed by atoms with E-state index in [1.807, 2.05) is 6.07 Å². The molecule has 0 atom stereocenters. The lowest BCUT2D eigenvalue weighted by molar-refractivity contribution is 0.211. The zero-order valence-electron chi connectivity index (χ0n) is 16.4. The Kier molecular flexibility index (Phi) is 11.5. The number of nitrogens with one attached hydrogen (secondary N) is 2. The summed E-state index contributed by atoms with van der Waals surface area (Å²) in [5.74, 6) is 0.915. The van der Waals surface area contributed by atoms with Gasteiger partial charge in [-0.2, -0.15) is 0 Å². The van der Waals surface area contributed by atoms with Crippen molar-refractivity contribution < 1.29 is 4.74 Å². The molecule has 0 bridgehead atoms. The predicted molar refractivity (Wildman–Crippen MR) is 125 cm³/mol. The van der Waals surface area contributed by atoms with Gasteiger partial charge in [0.25, 0.3) is 0 Å². The Labute approximate surface area is 180 Å². The number of hydrogen-bond donors (Lipinski definition) is 2. The molecule has 2 aromatic rings. The molecule has 2 aromatic carbocycles. The summed E-state index contributed by atoms with van der Waals surface area (Å²) in [6, 6.07) is 18.8. The van der Waals surface area contributed by atoms with Crippen molar-refractivity contribution in [3.05, 3.63) is 65.7 Å². The molecule has 0 aliphatic rings. The van der Waals surface area contributed by atoms with Gasteiger partial charge in [0.2, 0.25) is 0 Å². The smallest absolute Gasteiger partial charge is 0.194 e. The molecule has 148 valence electrons. The van der Waals surface area contributed by atoms with Gasteiger partial charge in [-0.25, -0.2) is 4.99 Å². The van der Waals surface area contributed by atoms with Crippen LogP contribution in [-0.4, -0.2) is 44.7 Å². The fourth-order valence-corrected chi connectivity index (χ4v) is 2.59. The normalized spacial score (nSPS) is 10.9. The molecule has 0 heterocycles. The third-order valence-electron chi connectivity index (χ3n) is 3.96. The van der Waals surface area contributed by atoms with Crippen LogP contribution in [0.25, 0.3) is 0 Å². The van der Waals surface area contributed by atoms with Crippen molar-refractivity contribution in [2.24, 2.45) is 4.99 Å². The number of methoxy groups -OCH3 is 1. The highest BCUT2D eigenvalue weighted by molar-refractivity contribution is 14.0. The van der Waals surface area contributed by atoms with Crippen LogP contribution in [0.5, 0.6) is 0 Å². The van der Waals surface area contributed by atoms with Gasteiger partial charge in [-0.1, -0.05) is 42.5 Å². The van der Waals surface area contributed by atoms with Crippen molar-refractivity contribution in [3.8, 4) is 0 Å². The first-order chi connectivity index (χ1) is 12.7. The van der Waals surface area contributed by atoms with Crippen LogP contribution in [0.15, 0.2) is 59.6 Å². The molecule has 0 fully saturated rings. The Bertz CT molecular complexity index is 662. The summed E-state index contributed by atoms with van der Waals surface area (Å²) in [5, 5.41) is 6.69. The fourth-order valence-electron chi connectivity index (χ4n) is 2.59. The molecule has 0 aliphatic heterocycles. The van der Waals surface area contributed by atoms with E-state index in [1.54, 1.807) is 7.11 Å². The van der Waals surface area contributed by atoms with Crippen LogP contribution in [0.2, 0.25) is 0 Å². The van der Waals surface area contributed by atoms with Crippen LogP contribution in [0.1, 0.15) is 18.1 Å². The summed E-state index contributed by atoms with van der Waals surface area (Å²) in [4.78, 5) is 6.93. The van der Waals surface area contributed by atoms with Crippen LogP contribution in [0, 0.1) is 0 Å².